The molecule has 0 unspecified atom stereocenters. The van der Waals surface area contributed by atoms with Crippen molar-refractivity contribution in [2.45, 2.75) is 39.5 Å². The average molecular weight is 357 g/mol. The van der Waals surface area contributed by atoms with Crippen molar-refractivity contribution < 1.29 is 5.11 Å². The summed E-state index contributed by atoms with van der Waals surface area (Å²) in [4.78, 5) is 18.0. The fraction of sp³-hybridized carbons (Fsp3) is 0.300. The van der Waals surface area contributed by atoms with Gasteiger partial charge in [-0.3, -0.25) is 9.36 Å². The first-order valence-electron chi connectivity index (χ1n) is 8.47. The van der Waals surface area contributed by atoms with Crippen molar-refractivity contribution >= 4 is 22.5 Å². The minimum absolute atomic E-state index is 0.0459. The molecule has 0 atom stereocenters. The average Bonchev–Trinajstić information content (AvgIpc) is 2.58. The second-order valence-corrected chi connectivity index (χ2v) is 6.89. The molecule has 130 valence electrons. The van der Waals surface area contributed by atoms with Crippen LogP contribution in [0.3, 0.4) is 0 Å². The summed E-state index contributed by atoms with van der Waals surface area (Å²) in [7, 11) is 0. The Bertz CT molecular complexity index is 976. The van der Waals surface area contributed by atoms with Crippen LogP contribution in [0.15, 0.2) is 41.2 Å². The van der Waals surface area contributed by atoms with E-state index in [9.17, 15) is 9.90 Å². The molecule has 3 aromatic rings. The van der Waals surface area contributed by atoms with Gasteiger partial charge in [0.2, 0.25) is 0 Å². The molecule has 4 nitrogen and oxygen atoms in total. The zero-order chi connectivity index (χ0) is 18.1. The van der Waals surface area contributed by atoms with E-state index in [0.717, 1.165) is 17.7 Å². The van der Waals surface area contributed by atoms with E-state index in [-0.39, 0.29) is 17.2 Å². The van der Waals surface area contributed by atoms with Crippen LogP contribution in [0, 0.1) is 0 Å². The molecule has 0 amide bonds. The lowest BCUT2D eigenvalue weighted by Gasteiger charge is -2.17. The molecule has 0 radical (unpaired) electrons. The minimum Gasteiger partial charge on any atom is -0.508 e. The number of phenolic OH excluding ortho intramolecular Hbond substituents is 1. The summed E-state index contributed by atoms with van der Waals surface area (Å²) in [6.45, 7) is 6.04. The van der Waals surface area contributed by atoms with Gasteiger partial charge in [-0.25, -0.2) is 4.98 Å². The monoisotopic (exact) mass is 356 g/mol. The van der Waals surface area contributed by atoms with Gasteiger partial charge in [0.15, 0.2) is 0 Å². The van der Waals surface area contributed by atoms with Crippen LogP contribution in [0.2, 0.25) is 5.02 Å². The van der Waals surface area contributed by atoms with Crippen LogP contribution in [-0.4, -0.2) is 14.7 Å². The number of aromatic nitrogens is 2. The molecular formula is C20H21ClN2O2. The summed E-state index contributed by atoms with van der Waals surface area (Å²) in [6.07, 6.45) is 1.55. The number of hydrogen-bond donors (Lipinski definition) is 1. The molecule has 0 saturated heterocycles. The molecule has 0 aliphatic carbocycles. The molecule has 0 spiro atoms. The Balaban J connectivity index is 2.40. The smallest absolute Gasteiger partial charge is 0.265 e. The number of nitrogens with zero attached hydrogens (tertiary/aromatic N) is 2. The standard InChI is InChI=1S/C20H21ClN2O2/c1-4-5-15-17(24)11-10-16-18(15)22-19(12(2)3)23(20(16)25)14-8-6-13(21)7-9-14/h6-12,24H,4-5H2,1-3H3. The Morgan fingerprint density at radius 3 is 2.44 bits per heavy atom. The molecule has 2 aromatic carbocycles. The number of benzene rings is 2. The number of phenols is 1. The predicted octanol–water partition coefficient (Wildman–Crippen LogP) is 4.82. The van der Waals surface area contributed by atoms with Crippen molar-refractivity contribution in [1.82, 2.24) is 9.55 Å². The van der Waals surface area contributed by atoms with Crippen molar-refractivity contribution in [3.05, 3.63) is 63.2 Å². The zero-order valence-corrected chi connectivity index (χ0v) is 15.3. The van der Waals surface area contributed by atoms with E-state index in [1.54, 1.807) is 28.8 Å². The highest BCUT2D eigenvalue weighted by Gasteiger charge is 2.18. The third kappa shape index (κ3) is 3.14. The second-order valence-electron chi connectivity index (χ2n) is 6.45. The normalized spacial score (nSPS) is 11.4. The zero-order valence-electron chi connectivity index (χ0n) is 14.6. The fourth-order valence-corrected chi connectivity index (χ4v) is 3.16. The summed E-state index contributed by atoms with van der Waals surface area (Å²) in [5, 5.41) is 11.3. The van der Waals surface area contributed by atoms with Crippen molar-refractivity contribution in [3.63, 3.8) is 0 Å². The maximum atomic E-state index is 13.2. The second kappa shape index (κ2) is 6.89. The molecule has 0 saturated carbocycles. The maximum Gasteiger partial charge on any atom is 0.265 e. The van der Waals surface area contributed by atoms with Crippen LogP contribution in [0.5, 0.6) is 5.75 Å². The lowest BCUT2D eigenvalue weighted by molar-refractivity contribution is 0.468. The van der Waals surface area contributed by atoms with Crippen molar-refractivity contribution in [2.24, 2.45) is 0 Å². The Morgan fingerprint density at radius 1 is 1.16 bits per heavy atom. The van der Waals surface area contributed by atoms with Crippen LogP contribution in [0.1, 0.15) is 44.5 Å². The van der Waals surface area contributed by atoms with E-state index >= 15 is 0 Å². The highest BCUT2D eigenvalue weighted by molar-refractivity contribution is 6.30. The van der Waals surface area contributed by atoms with Gasteiger partial charge in [0.1, 0.15) is 11.6 Å². The molecular weight excluding hydrogens is 336 g/mol. The number of aromatic hydroxyl groups is 1. The molecule has 0 bridgehead atoms. The summed E-state index contributed by atoms with van der Waals surface area (Å²) < 4.78 is 1.64. The summed E-state index contributed by atoms with van der Waals surface area (Å²) in [5.41, 5.74) is 1.94. The van der Waals surface area contributed by atoms with Gasteiger partial charge in [-0.1, -0.05) is 38.8 Å². The summed E-state index contributed by atoms with van der Waals surface area (Å²) in [5.74, 6) is 0.910. The Labute approximate surface area is 151 Å². The quantitative estimate of drug-likeness (QED) is 0.729. The first-order valence-corrected chi connectivity index (χ1v) is 8.85. The van der Waals surface area contributed by atoms with E-state index in [2.05, 4.69) is 0 Å². The van der Waals surface area contributed by atoms with Crippen LogP contribution in [0.4, 0.5) is 0 Å². The van der Waals surface area contributed by atoms with Crippen LogP contribution in [-0.2, 0) is 6.42 Å². The van der Waals surface area contributed by atoms with Crippen molar-refractivity contribution in [3.8, 4) is 11.4 Å². The van der Waals surface area contributed by atoms with Gasteiger partial charge < -0.3 is 5.11 Å². The molecule has 0 aliphatic rings. The number of rotatable bonds is 4. The Morgan fingerprint density at radius 2 is 1.84 bits per heavy atom. The van der Waals surface area contributed by atoms with E-state index in [1.165, 1.54) is 0 Å². The fourth-order valence-electron chi connectivity index (χ4n) is 3.04. The lowest BCUT2D eigenvalue weighted by Crippen LogP contribution is -2.25. The topological polar surface area (TPSA) is 55.1 Å². The molecule has 5 heteroatoms. The van der Waals surface area contributed by atoms with Crippen LogP contribution < -0.4 is 5.56 Å². The molecule has 25 heavy (non-hydrogen) atoms. The Hall–Kier alpha value is -2.33. The molecule has 0 aliphatic heterocycles. The van der Waals surface area contributed by atoms with Crippen molar-refractivity contribution in [1.29, 1.82) is 0 Å². The molecule has 1 heterocycles. The van der Waals surface area contributed by atoms with Gasteiger partial charge in [0, 0.05) is 16.5 Å². The third-order valence-electron chi connectivity index (χ3n) is 4.25. The predicted molar refractivity (Wildman–Crippen MR) is 102 cm³/mol. The maximum absolute atomic E-state index is 13.2. The summed E-state index contributed by atoms with van der Waals surface area (Å²) >= 11 is 5.98. The highest BCUT2D eigenvalue weighted by atomic mass is 35.5. The SMILES string of the molecule is CCCc1c(O)ccc2c(=O)n(-c3ccc(Cl)cc3)c(C(C)C)nc12. The first kappa shape index (κ1) is 17.5. The largest absolute Gasteiger partial charge is 0.508 e. The Kier molecular flexibility index (Phi) is 4.82. The highest BCUT2D eigenvalue weighted by Crippen LogP contribution is 2.28. The number of fused-ring (bicyclic) bond motifs is 1. The number of hydrogen-bond acceptors (Lipinski definition) is 3. The molecule has 1 N–H and O–H groups in total. The van der Waals surface area contributed by atoms with Crippen LogP contribution >= 0.6 is 11.6 Å². The first-order chi connectivity index (χ1) is 11.9. The van der Waals surface area contributed by atoms with Gasteiger partial charge in [-0.05, 0) is 42.8 Å². The van der Waals surface area contributed by atoms with Crippen molar-refractivity contribution in [2.75, 3.05) is 0 Å². The van der Waals surface area contributed by atoms with Gasteiger partial charge in [0.05, 0.1) is 16.6 Å². The number of aryl methyl sites for hydroxylation is 1. The number of halogens is 1. The molecule has 1 aromatic heterocycles. The van der Waals surface area contributed by atoms with Gasteiger partial charge in [-0.15, -0.1) is 0 Å². The van der Waals surface area contributed by atoms with Gasteiger partial charge >= 0.3 is 0 Å². The van der Waals surface area contributed by atoms with E-state index in [1.807, 2.05) is 32.9 Å². The summed E-state index contributed by atoms with van der Waals surface area (Å²) in [6, 6.07) is 10.4. The minimum atomic E-state index is -0.131. The molecule has 0 fully saturated rings. The van der Waals surface area contributed by atoms with Crippen LogP contribution in [0.25, 0.3) is 16.6 Å². The van der Waals surface area contributed by atoms with Gasteiger partial charge in [-0.2, -0.15) is 0 Å². The van der Waals surface area contributed by atoms with E-state index in [0.29, 0.717) is 28.2 Å². The molecule has 3 rings (SSSR count). The lowest BCUT2D eigenvalue weighted by atomic mass is 10.0. The third-order valence-corrected chi connectivity index (χ3v) is 4.50. The van der Waals surface area contributed by atoms with E-state index < -0.39 is 0 Å². The van der Waals surface area contributed by atoms with E-state index in [4.69, 9.17) is 16.6 Å². The van der Waals surface area contributed by atoms with Gasteiger partial charge in [0.25, 0.3) is 5.56 Å².